The molecule has 0 fully saturated rings. The summed E-state index contributed by atoms with van der Waals surface area (Å²) >= 11 is 0. The van der Waals surface area contributed by atoms with Crippen molar-refractivity contribution >= 4 is 17.9 Å². The fourth-order valence-corrected chi connectivity index (χ4v) is 7.42. The number of carbonyl (C=O) groups excluding carboxylic acids is 3. The standard InChI is InChI=1S/C64H104O6/c1-4-7-10-13-16-19-22-25-28-31-32-34-36-39-42-45-48-51-54-57-63(66)69-60-61(59-68-62(65)56-53-50-47-44-41-38-35-30-27-24-21-18-15-12-9-6-3)70-64(67)58-55-52-49-46-43-40-37-33-29-26-23-20-17-14-11-8-5-2/h7,10,16,19,25-26,28-30,32,34-35,37-42,46,49,61H,4-6,8-9,11-15,17-18,20-24,27,31,33,36,43-45,47-48,50-60H2,1-3H3/b10-7-,19-16-,28-25-,29-26-,34-32-,35-30-,40-37-,41-38-,42-39-,49-46-. The molecule has 0 aliphatic carbocycles. The predicted octanol–water partition coefficient (Wildman–Crippen LogP) is 19.3. The molecule has 0 aliphatic heterocycles. The van der Waals surface area contributed by atoms with E-state index in [1.165, 1.54) is 89.9 Å². The predicted molar refractivity (Wildman–Crippen MR) is 302 cm³/mol. The smallest absolute Gasteiger partial charge is 0.306 e. The maximum Gasteiger partial charge on any atom is 0.306 e. The number of ether oxygens (including phenoxy) is 3. The van der Waals surface area contributed by atoms with E-state index in [1.54, 1.807) is 0 Å². The van der Waals surface area contributed by atoms with Crippen LogP contribution in [0.5, 0.6) is 0 Å². The van der Waals surface area contributed by atoms with Gasteiger partial charge >= 0.3 is 17.9 Å². The third-order valence-electron chi connectivity index (χ3n) is 11.7. The Morgan fingerprint density at radius 3 is 1.00 bits per heavy atom. The van der Waals surface area contributed by atoms with Crippen LogP contribution in [0.25, 0.3) is 0 Å². The Morgan fingerprint density at radius 2 is 0.614 bits per heavy atom. The quantitative estimate of drug-likeness (QED) is 0.0199. The number of rotatable bonds is 50. The van der Waals surface area contributed by atoms with Crippen LogP contribution < -0.4 is 0 Å². The largest absolute Gasteiger partial charge is 0.462 e. The van der Waals surface area contributed by atoms with Gasteiger partial charge in [-0.2, -0.15) is 0 Å². The second kappa shape index (κ2) is 57.4. The van der Waals surface area contributed by atoms with Crippen molar-refractivity contribution in [2.45, 2.75) is 252 Å². The highest BCUT2D eigenvalue weighted by atomic mass is 16.6. The monoisotopic (exact) mass is 969 g/mol. The van der Waals surface area contributed by atoms with Gasteiger partial charge in [0.15, 0.2) is 6.10 Å². The molecule has 0 aliphatic rings. The average molecular weight is 970 g/mol. The summed E-state index contributed by atoms with van der Waals surface area (Å²) in [6, 6.07) is 0. The Morgan fingerprint density at radius 1 is 0.314 bits per heavy atom. The molecule has 0 radical (unpaired) electrons. The van der Waals surface area contributed by atoms with Crippen LogP contribution in [0.3, 0.4) is 0 Å². The number of hydrogen-bond acceptors (Lipinski definition) is 6. The zero-order chi connectivity index (χ0) is 50.7. The first-order valence-electron chi connectivity index (χ1n) is 28.6. The maximum absolute atomic E-state index is 12.8. The van der Waals surface area contributed by atoms with Gasteiger partial charge in [-0.05, 0) is 122 Å². The number of hydrogen-bond donors (Lipinski definition) is 0. The van der Waals surface area contributed by atoms with E-state index in [2.05, 4.69) is 142 Å². The Labute approximate surface area is 431 Å². The Bertz CT molecular complexity index is 1490. The van der Waals surface area contributed by atoms with E-state index in [0.717, 1.165) is 109 Å². The van der Waals surface area contributed by atoms with Crippen molar-refractivity contribution in [1.82, 2.24) is 0 Å². The van der Waals surface area contributed by atoms with Gasteiger partial charge in [0.05, 0.1) is 0 Å². The molecule has 0 aromatic heterocycles. The maximum atomic E-state index is 12.8. The molecule has 0 amide bonds. The van der Waals surface area contributed by atoms with Crippen LogP contribution in [0, 0.1) is 0 Å². The lowest BCUT2D eigenvalue weighted by Crippen LogP contribution is -2.30. The van der Waals surface area contributed by atoms with Gasteiger partial charge in [0.2, 0.25) is 0 Å². The van der Waals surface area contributed by atoms with Crippen molar-refractivity contribution < 1.29 is 28.6 Å². The molecule has 0 saturated carbocycles. The van der Waals surface area contributed by atoms with Gasteiger partial charge in [0.1, 0.15) is 13.2 Å². The molecule has 70 heavy (non-hydrogen) atoms. The normalized spacial score (nSPS) is 13.0. The van der Waals surface area contributed by atoms with Crippen molar-refractivity contribution in [2.24, 2.45) is 0 Å². The first-order valence-corrected chi connectivity index (χ1v) is 28.6. The lowest BCUT2D eigenvalue weighted by atomic mass is 10.1. The van der Waals surface area contributed by atoms with E-state index >= 15 is 0 Å². The van der Waals surface area contributed by atoms with Crippen molar-refractivity contribution in [1.29, 1.82) is 0 Å². The first kappa shape index (κ1) is 65.8. The van der Waals surface area contributed by atoms with E-state index in [4.69, 9.17) is 14.2 Å². The minimum Gasteiger partial charge on any atom is -0.462 e. The van der Waals surface area contributed by atoms with E-state index < -0.39 is 6.10 Å². The van der Waals surface area contributed by atoms with Crippen LogP contribution >= 0.6 is 0 Å². The SMILES string of the molecule is CC/C=C\C/C=C\C/C=C\C/C=C\C/C=C\CCCCCC(=O)OCC(COC(=O)CCCCC/C=C\C=C/CCCCCCCCC)OC(=O)CCC/C=C\C/C=C\C/C=C\CCCCCCCC. The second-order valence-corrected chi connectivity index (χ2v) is 18.5. The highest BCUT2D eigenvalue weighted by molar-refractivity contribution is 5.71. The number of allylic oxidation sites excluding steroid dienone is 20. The third-order valence-corrected chi connectivity index (χ3v) is 11.7. The summed E-state index contributed by atoms with van der Waals surface area (Å²) in [5, 5.41) is 0. The lowest BCUT2D eigenvalue weighted by molar-refractivity contribution is -0.167. The summed E-state index contributed by atoms with van der Waals surface area (Å²) in [4.78, 5) is 38.1. The zero-order valence-electron chi connectivity index (χ0n) is 45.2. The molecule has 0 saturated heterocycles. The first-order chi connectivity index (χ1) is 34.5. The van der Waals surface area contributed by atoms with Crippen LogP contribution in [0.1, 0.15) is 245 Å². The van der Waals surface area contributed by atoms with E-state index in [1.807, 2.05) is 0 Å². The average Bonchev–Trinajstić information content (AvgIpc) is 3.36. The molecule has 0 spiro atoms. The minimum absolute atomic E-state index is 0.125. The fraction of sp³-hybridized carbons (Fsp3) is 0.641. The summed E-state index contributed by atoms with van der Waals surface area (Å²) in [5.41, 5.74) is 0. The Kier molecular flexibility index (Phi) is 54.0. The summed E-state index contributed by atoms with van der Waals surface area (Å²) in [6.45, 7) is 6.41. The van der Waals surface area contributed by atoms with Crippen molar-refractivity contribution in [2.75, 3.05) is 13.2 Å². The van der Waals surface area contributed by atoms with E-state index in [0.29, 0.717) is 19.3 Å². The molecule has 0 bridgehead atoms. The van der Waals surface area contributed by atoms with Crippen LogP contribution in [0.2, 0.25) is 0 Å². The van der Waals surface area contributed by atoms with Crippen molar-refractivity contribution in [3.05, 3.63) is 122 Å². The molecule has 6 nitrogen and oxygen atoms in total. The van der Waals surface area contributed by atoms with Gasteiger partial charge in [0, 0.05) is 19.3 Å². The fourth-order valence-electron chi connectivity index (χ4n) is 7.42. The molecule has 0 heterocycles. The molecule has 1 atom stereocenters. The number of unbranched alkanes of at least 4 members (excludes halogenated alkanes) is 20. The number of esters is 3. The van der Waals surface area contributed by atoms with Crippen LogP contribution in [-0.4, -0.2) is 37.2 Å². The molecule has 0 rings (SSSR count). The number of carbonyl (C=O) groups is 3. The summed E-state index contributed by atoms with van der Waals surface area (Å²) in [5.74, 6) is -1.04. The van der Waals surface area contributed by atoms with Gasteiger partial charge in [-0.3, -0.25) is 14.4 Å². The summed E-state index contributed by atoms with van der Waals surface area (Å²) in [6.07, 6.45) is 79.1. The topological polar surface area (TPSA) is 78.9 Å². The minimum atomic E-state index is -0.833. The van der Waals surface area contributed by atoms with Crippen LogP contribution in [0.15, 0.2) is 122 Å². The van der Waals surface area contributed by atoms with Gasteiger partial charge in [-0.25, -0.2) is 0 Å². The molecule has 0 N–H and O–H groups in total. The van der Waals surface area contributed by atoms with Crippen molar-refractivity contribution in [3.63, 3.8) is 0 Å². The van der Waals surface area contributed by atoms with Gasteiger partial charge < -0.3 is 14.2 Å². The Balaban J connectivity index is 4.58. The second-order valence-electron chi connectivity index (χ2n) is 18.5. The van der Waals surface area contributed by atoms with Crippen LogP contribution in [0.4, 0.5) is 0 Å². The molecular formula is C64H104O6. The third kappa shape index (κ3) is 54.7. The Hall–Kier alpha value is -4.19. The molecule has 1 unspecified atom stereocenters. The summed E-state index contributed by atoms with van der Waals surface area (Å²) < 4.78 is 16.8. The highest BCUT2D eigenvalue weighted by Crippen LogP contribution is 2.12. The van der Waals surface area contributed by atoms with Crippen LogP contribution in [-0.2, 0) is 28.6 Å². The summed E-state index contributed by atoms with van der Waals surface area (Å²) in [7, 11) is 0. The van der Waals surface area contributed by atoms with Gasteiger partial charge in [-0.15, -0.1) is 0 Å². The van der Waals surface area contributed by atoms with Gasteiger partial charge in [0.25, 0.3) is 0 Å². The van der Waals surface area contributed by atoms with E-state index in [9.17, 15) is 14.4 Å². The van der Waals surface area contributed by atoms with Crippen molar-refractivity contribution in [3.8, 4) is 0 Å². The molecule has 0 aromatic rings. The molecule has 0 aromatic carbocycles. The van der Waals surface area contributed by atoms with Gasteiger partial charge in [-0.1, -0.05) is 226 Å². The highest BCUT2D eigenvalue weighted by Gasteiger charge is 2.19. The molecule has 396 valence electrons. The van der Waals surface area contributed by atoms with E-state index in [-0.39, 0.29) is 37.5 Å². The lowest BCUT2D eigenvalue weighted by Gasteiger charge is -2.18. The molecular weight excluding hydrogens is 865 g/mol. The zero-order valence-corrected chi connectivity index (χ0v) is 45.2. The molecule has 6 heteroatoms.